The molecule has 2 N–H and O–H groups in total. The highest BCUT2D eigenvalue weighted by Crippen LogP contribution is 2.21. The minimum Gasteiger partial charge on any atom is -0.497 e. The van der Waals surface area contributed by atoms with Crippen molar-refractivity contribution in [3.05, 3.63) is 29.8 Å². The van der Waals surface area contributed by atoms with Gasteiger partial charge in [0.15, 0.2) is 0 Å². The first-order chi connectivity index (χ1) is 10.1. The van der Waals surface area contributed by atoms with Crippen LogP contribution in [0.4, 0.5) is 0 Å². The molecule has 0 aliphatic rings. The zero-order chi connectivity index (χ0) is 15.7. The largest absolute Gasteiger partial charge is 0.497 e. The molecule has 0 aromatic heterocycles. The Labute approximate surface area is 129 Å². The van der Waals surface area contributed by atoms with Gasteiger partial charge in [-0.15, -0.1) is 0 Å². The third-order valence-electron chi connectivity index (χ3n) is 4.04. The first-order valence-corrected chi connectivity index (χ1v) is 7.75. The lowest BCUT2D eigenvalue weighted by Crippen LogP contribution is -2.54. The molecule has 1 unspecified atom stereocenters. The predicted octanol–water partition coefficient (Wildman–Crippen LogP) is 2.31. The normalized spacial score (nSPS) is 14.2. The zero-order valence-electron chi connectivity index (χ0n) is 13.9. The second kappa shape index (κ2) is 9.03. The van der Waals surface area contributed by atoms with Crippen molar-refractivity contribution in [2.75, 3.05) is 40.0 Å². The number of nitrogens with two attached hydrogens (primary N) is 1. The Morgan fingerprint density at radius 1 is 1.19 bits per heavy atom. The molecule has 0 aliphatic carbocycles. The third-order valence-corrected chi connectivity index (χ3v) is 4.04. The molecule has 0 spiro atoms. The lowest BCUT2D eigenvalue weighted by Gasteiger charge is -2.40. The third kappa shape index (κ3) is 5.30. The molecule has 1 atom stereocenters. The first kappa shape index (κ1) is 18.0. The Morgan fingerprint density at radius 3 is 2.33 bits per heavy atom. The molecule has 4 heteroatoms. The van der Waals surface area contributed by atoms with E-state index in [1.165, 1.54) is 5.56 Å². The van der Waals surface area contributed by atoms with Gasteiger partial charge in [-0.2, -0.15) is 0 Å². The number of nitrogens with zero attached hydrogens (tertiary/aromatic N) is 1. The molecule has 0 radical (unpaired) electrons. The summed E-state index contributed by atoms with van der Waals surface area (Å²) in [7, 11) is 1.69. The maximum absolute atomic E-state index is 6.08. The summed E-state index contributed by atoms with van der Waals surface area (Å²) in [6.45, 7) is 10.4. The van der Waals surface area contributed by atoms with Crippen LogP contribution in [0.5, 0.6) is 5.75 Å². The van der Waals surface area contributed by atoms with E-state index in [4.69, 9.17) is 15.2 Å². The molecule has 0 heterocycles. The highest BCUT2D eigenvalue weighted by atomic mass is 16.5. The summed E-state index contributed by atoms with van der Waals surface area (Å²) in [6, 6.07) is 8.23. The Kier molecular flexibility index (Phi) is 7.72. The van der Waals surface area contributed by atoms with E-state index < -0.39 is 0 Å². The van der Waals surface area contributed by atoms with Gasteiger partial charge in [0.05, 0.1) is 13.7 Å². The highest BCUT2D eigenvalue weighted by molar-refractivity contribution is 5.28. The fourth-order valence-corrected chi connectivity index (χ4v) is 2.63. The molecule has 1 rings (SSSR count). The topological polar surface area (TPSA) is 47.7 Å². The van der Waals surface area contributed by atoms with Gasteiger partial charge in [0, 0.05) is 25.2 Å². The summed E-state index contributed by atoms with van der Waals surface area (Å²) in [4.78, 5) is 2.41. The van der Waals surface area contributed by atoms with Gasteiger partial charge < -0.3 is 15.2 Å². The van der Waals surface area contributed by atoms with Gasteiger partial charge in [-0.25, -0.2) is 0 Å². The summed E-state index contributed by atoms with van der Waals surface area (Å²) in [5.41, 5.74) is 7.31. The van der Waals surface area contributed by atoms with Crippen LogP contribution in [0.3, 0.4) is 0 Å². The van der Waals surface area contributed by atoms with E-state index in [1.54, 1.807) is 7.11 Å². The Bertz CT molecular complexity index is 394. The van der Waals surface area contributed by atoms with Gasteiger partial charge in [-0.1, -0.05) is 19.1 Å². The molecule has 21 heavy (non-hydrogen) atoms. The Hall–Kier alpha value is -1.10. The summed E-state index contributed by atoms with van der Waals surface area (Å²) >= 11 is 0. The molecule has 1 aromatic carbocycles. The van der Waals surface area contributed by atoms with E-state index in [0.717, 1.165) is 38.5 Å². The summed E-state index contributed by atoms with van der Waals surface area (Å²) in [6.07, 6.45) is 0.924. The smallest absolute Gasteiger partial charge is 0.118 e. The van der Waals surface area contributed by atoms with Crippen LogP contribution >= 0.6 is 0 Å². The van der Waals surface area contributed by atoms with Crippen molar-refractivity contribution in [1.29, 1.82) is 0 Å². The molecule has 4 nitrogen and oxygen atoms in total. The van der Waals surface area contributed by atoms with Crippen LogP contribution in [0.2, 0.25) is 0 Å². The zero-order valence-corrected chi connectivity index (χ0v) is 13.9. The molecule has 0 bridgehead atoms. The van der Waals surface area contributed by atoms with E-state index in [1.807, 2.05) is 19.1 Å². The van der Waals surface area contributed by atoms with Crippen LogP contribution in [0.1, 0.15) is 26.3 Å². The number of hydrogen-bond donors (Lipinski definition) is 1. The van der Waals surface area contributed by atoms with Crippen LogP contribution in [0.25, 0.3) is 0 Å². The Morgan fingerprint density at radius 2 is 1.86 bits per heavy atom. The van der Waals surface area contributed by atoms with Crippen molar-refractivity contribution in [1.82, 2.24) is 4.90 Å². The lowest BCUT2D eigenvalue weighted by molar-refractivity contribution is 0.0609. The minimum absolute atomic E-state index is 0.0551. The molecule has 0 aliphatic heterocycles. The summed E-state index contributed by atoms with van der Waals surface area (Å²) in [5.74, 6) is 0.886. The summed E-state index contributed by atoms with van der Waals surface area (Å²) in [5, 5.41) is 0. The van der Waals surface area contributed by atoms with Crippen molar-refractivity contribution >= 4 is 0 Å². The van der Waals surface area contributed by atoms with Crippen LogP contribution in [-0.4, -0.2) is 50.4 Å². The van der Waals surface area contributed by atoms with Crippen molar-refractivity contribution in [3.8, 4) is 5.75 Å². The Balaban J connectivity index is 2.75. The van der Waals surface area contributed by atoms with Crippen molar-refractivity contribution < 1.29 is 9.47 Å². The number of hydrogen-bond acceptors (Lipinski definition) is 4. The molecule has 0 fully saturated rings. The monoisotopic (exact) mass is 294 g/mol. The van der Waals surface area contributed by atoms with Crippen LogP contribution in [-0.2, 0) is 11.2 Å². The maximum Gasteiger partial charge on any atom is 0.118 e. The van der Waals surface area contributed by atoms with Crippen molar-refractivity contribution in [3.63, 3.8) is 0 Å². The van der Waals surface area contributed by atoms with Gasteiger partial charge in [0.1, 0.15) is 5.75 Å². The molecule has 0 saturated carbocycles. The van der Waals surface area contributed by atoms with E-state index in [-0.39, 0.29) is 5.54 Å². The molecule has 0 amide bonds. The van der Waals surface area contributed by atoms with Crippen molar-refractivity contribution in [2.24, 2.45) is 5.73 Å². The molecule has 0 saturated heterocycles. The lowest BCUT2D eigenvalue weighted by atomic mass is 9.90. The molecule has 1 aromatic rings. The number of likely N-dealkylation sites (N-methyl/N-ethyl adjacent to an activating group) is 1. The van der Waals surface area contributed by atoms with Crippen LogP contribution in [0, 0.1) is 0 Å². The fraction of sp³-hybridized carbons (Fsp3) is 0.647. The number of ether oxygens (including phenoxy) is 2. The standard InChI is InChI=1S/C17H30N2O2/c1-5-19(11-12-21-6-2)17(3,14-18)13-15-7-9-16(20-4)10-8-15/h7-10H,5-6,11-14,18H2,1-4H3. The average Bonchev–Trinajstić information content (AvgIpc) is 2.52. The first-order valence-electron chi connectivity index (χ1n) is 7.75. The molecule has 120 valence electrons. The maximum atomic E-state index is 6.08. The average molecular weight is 294 g/mol. The van der Waals surface area contributed by atoms with Crippen molar-refractivity contribution in [2.45, 2.75) is 32.7 Å². The summed E-state index contributed by atoms with van der Waals surface area (Å²) < 4.78 is 10.7. The number of rotatable bonds is 10. The quantitative estimate of drug-likeness (QED) is 0.673. The predicted molar refractivity (Wildman–Crippen MR) is 87.9 cm³/mol. The minimum atomic E-state index is -0.0551. The van der Waals surface area contributed by atoms with E-state index in [9.17, 15) is 0 Å². The fourth-order valence-electron chi connectivity index (χ4n) is 2.63. The van der Waals surface area contributed by atoms with Gasteiger partial charge in [-0.05, 0) is 44.5 Å². The molecular weight excluding hydrogens is 264 g/mol. The van der Waals surface area contributed by atoms with Gasteiger partial charge in [0.2, 0.25) is 0 Å². The van der Waals surface area contributed by atoms with Gasteiger partial charge in [0.25, 0.3) is 0 Å². The second-order valence-corrected chi connectivity index (χ2v) is 5.50. The van der Waals surface area contributed by atoms with E-state index in [2.05, 4.69) is 30.9 Å². The van der Waals surface area contributed by atoms with Crippen LogP contribution < -0.4 is 10.5 Å². The number of benzene rings is 1. The van der Waals surface area contributed by atoms with E-state index >= 15 is 0 Å². The number of methoxy groups -OCH3 is 1. The SMILES string of the molecule is CCOCCN(CC)C(C)(CN)Cc1ccc(OC)cc1. The van der Waals surface area contributed by atoms with E-state index in [0.29, 0.717) is 6.54 Å². The second-order valence-electron chi connectivity index (χ2n) is 5.50. The highest BCUT2D eigenvalue weighted by Gasteiger charge is 2.29. The van der Waals surface area contributed by atoms with Gasteiger partial charge in [-0.3, -0.25) is 4.90 Å². The van der Waals surface area contributed by atoms with Gasteiger partial charge >= 0.3 is 0 Å². The molecular formula is C17H30N2O2. The van der Waals surface area contributed by atoms with Crippen LogP contribution in [0.15, 0.2) is 24.3 Å².